The number of benzene rings is 2. The van der Waals surface area contributed by atoms with Gasteiger partial charge in [0.15, 0.2) is 23.2 Å². The summed E-state index contributed by atoms with van der Waals surface area (Å²) in [5.41, 5.74) is -0.767. The van der Waals surface area contributed by atoms with E-state index in [-0.39, 0.29) is 27.8 Å². The van der Waals surface area contributed by atoms with Crippen molar-refractivity contribution in [2.75, 3.05) is 6.61 Å². The molecule has 218 valence electrons. The molecule has 0 saturated carbocycles. The number of aliphatic hydroxyl groups excluding tert-OH is 3. The molecule has 2 aromatic carbocycles. The molecule has 5 rings (SSSR count). The molecule has 3 heterocycles. The molecule has 0 aliphatic carbocycles. The lowest BCUT2D eigenvalue weighted by molar-refractivity contribution is -0.274. The van der Waals surface area contributed by atoms with Crippen LogP contribution in [-0.4, -0.2) is 76.4 Å². The van der Waals surface area contributed by atoms with Gasteiger partial charge in [-0.3, -0.25) is 4.57 Å². The minimum absolute atomic E-state index is 0.0295. The Morgan fingerprint density at radius 3 is 2.49 bits per heavy atom. The lowest BCUT2D eigenvalue weighted by atomic mass is 9.92. The molecule has 0 unspecified atom stereocenters. The van der Waals surface area contributed by atoms with Crippen molar-refractivity contribution >= 4 is 23.2 Å². The quantitative estimate of drug-likeness (QED) is 0.218. The Bertz CT molecular complexity index is 1570. The second-order valence-corrected chi connectivity index (χ2v) is 9.62. The molecule has 0 amide bonds. The zero-order valence-electron chi connectivity index (χ0n) is 20.1. The van der Waals surface area contributed by atoms with Crippen molar-refractivity contribution in [3.8, 4) is 22.7 Å². The largest absolute Gasteiger partial charge is 0.573 e. The van der Waals surface area contributed by atoms with Gasteiger partial charge in [0, 0.05) is 10.6 Å². The molecule has 3 N–H and O–H groups in total. The normalized spacial score (nSPS) is 23.1. The zero-order chi connectivity index (χ0) is 29.6. The summed E-state index contributed by atoms with van der Waals surface area (Å²) in [5, 5.41) is 46.8. The maximum atomic E-state index is 14.5. The first kappa shape index (κ1) is 29.1. The van der Waals surface area contributed by atoms with Crippen LogP contribution < -0.4 is 4.74 Å². The predicted molar refractivity (Wildman–Crippen MR) is 129 cm³/mol. The summed E-state index contributed by atoms with van der Waals surface area (Å²) < 4.78 is 79.4. The van der Waals surface area contributed by atoms with Gasteiger partial charge in [-0.25, -0.2) is 13.5 Å². The third kappa shape index (κ3) is 5.58. The van der Waals surface area contributed by atoms with Crippen LogP contribution in [0.15, 0.2) is 42.9 Å². The predicted octanol–water partition coefficient (Wildman–Crippen LogP) is 3.40. The summed E-state index contributed by atoms with van der Waals surface area (Å²) >= 11 is 11.6. The molecule has 4 aromatic rings. The number of aromatic nitrogens is 6. The summed E-state index contributed by atoms with van der Waals surface area (Å²) in [6, 6.07) is 4.08. The number of halogens is 7. The van der Waals surface area contributed by atoms with E-state index < -0.39 is 65.8 Å². The first-order chi connectivity index (χ1) is 19.4. The summed E-state index contributed by atoms with van der Waals surface area (Å²) in [7, 11) is 0. The van der Waals surface area contributed by atoms with E-state index in [0.717, 1.165) is 52.1 Å². The van der Waals surface area contributed by atoms with Gasteiger partial charge >= 0.3 is 6.36 Å². The van der Waals surface area contributed by atoms with E-state index in [1.54, 1.807) is 0 Å². The third-order valence-electron chi connectivity index (χ3n) is 6.25. The van der Waals surface area contributed by atoms with Gasteiger partial charge in [0.05, 0.1) is 23.5 Å². The van der Waals surface area contributed by atoms with Crippen LogP contribution >= 0.6 is 23.2 Å². The van der Waals surface area contributed by atoms with Crippen molar-refractivity contribution in [1.29, 1.82) is 0 Å². The third-order valence-corrected chi connectivity index (χ3v) is 6.78. The highest BCUT2D eigenvalue weighted by Crippen LogP contribution is 2.40. The van der Waals surface area contributed by atoms with Gasteiger partial charge in [0.25, 0.3) is 0 Å². The van der Waals surface area contributed by atoms with Crippen LogP contribution in [0.25, 0.3) is 16.9 Å². The van der Waals surface area contributed by atoms with Crippen molar-refractivity contribution in [3.05, 3.63) is 70.4 Å². The Morgan fingerprint density at radius 2 is 1.78 bits per heavy atom. The lowest BCUT2D eigenvalue weighted by Crippen LogP contribution is -2.53. The maximum Gasteiger partial charge on any atom is 0.573 e. The van der Waals surface area contributed by atoms with Gasteiger partial charge in [-0.05, 0) is 30.3 Å². The molecule has 2 aromatic heterocycles. The van der Waals surface area contributed by atoms with Crippen molar-refractivity contribution in [2.24, 2.45) is 0 Å². The number of aliphatic hydroxyl groups is 3. The summed E-state index contributed by atoms with van der Waals surface area (Å²) in [6.07, 6.45) is -9.22. The Labute approximate surface area is 236 Å². The molecule has 1 saturated heterocycles. The van der Waals surface area contributed by atoms with Gasteiger partial charge in [-0.2, -0.15) is 0 Å². The topological polar surface area (TPSA) is 141 Å². The fourth-order valence-corrected chi connectivity index (χ4v) is 4.72. The van der Waals surface area contributed by atoms with Crippen LogP contribution in [0.3, 0.4) is 0 Å². The average molecular weight is 623 g/mol. The minimum atomic E-state index is -5.06. The number of rotatable bonds is 6. The Hall–Kier alpha value is -3.41. The molecular weight excluding hydrogens is 606 g/mol. The van der Waals surface area contributed by atoms with E-state index >= 15 is 0 Å². The van der Waals surface area contributed by atoms with Crippen LogP contribution in [0.5, 0.6) is 5.75 Å². The Morgan fingerprint density at radius 1 is 1.02 bits per heavy atom. The van der Waals surface area contributed by atoms with Crippen molar-refractivity contribution in [2.45, 2.75) is 36.8 Å². The highest BCUT2D eigenvalue weighted by molar-refractivity contribution is 6.31. The molecule has 41 heavy (non-hydrogen) atoms. The monoisotopic (exact) mass is 622 g/mol. The van der Waals surface area contributed by atoms with Gasteiger partial charge in [-0.1, -0.05) is 28.4 Å². The second-order valence-electron chi connectivity index (χ2n) is 8.78. The molecule has 0 radical (unpaired) electrons. The van der Waals surface area contributed by atoms with Crippen LogP contribution in [0.4, 0.5) is 22.0 Å². The summed E-state index contributed by atoms with van der Waals surface area (Å²) in [6.45, 7) is -0.771. The molecular formula is C23H17Cl2F5N6O5. The van der Waals surface area contributed by atoms with Crippen LogP contribution in [-0.2, 0) is 4.74 Å². The van der Waals surface area contributed by atoms with Crippen molar-refractivity contribution in [3.63, 3.8) is 0 Å². The van der Waals surface area contributed by atoms with Crippen LogP contribution in [0.2, 0.25) is 10.0 Å². The fourth-order valence-electron chi connectivity index (χ4n) is 4.41. The van der Waals surface area contributed by atoms with Gasteiger partial charge in [-0.15, -0.1) is 28.5 Å². The van der Waals surface area contributed by atoms with Crippen LogP contribution in [0.1, 0.15) is 18.0 Å². The van der Waals surface area contributed by atoms with E-state index in [9.17, 15) is 37.3 Å². The standard InChI is InChI=1S/C23H17Cl2F5N6O5/c24-9-1-4-14(41-23(28,29)30)13(5-9)35-8-31-33-22(35)21-20(39)18(19(38)15(7-37)40-21)36-6-12(32-34-36)10-2-3-11(25)17(27)16(10)26/h1-6,8,15,18-21,37-39H,7H2/t15-,18+,19+,20-,21-/m1/s1. The molecule has 1 fully saturated rings. The number of nitrogens with zero attached hydrogens (tertiary/aromatic N) is 6. The summed E-state index contributed by atoms with van der Waals surface area (Å²) in [4.78, 5) is 0. The van der Waals surface area contributed by atoms with Gasteiger partial charge in [0.2, 0.25) is 0 Å². The lowest BCUT2D eigenvalue weighted by Gasteiger charge is -2.41. The SMILES string of the molecule is OC[C@H]1O[C@@H](c2nncn2-c2cc(Cl)ccc2OC(F)(F)F)[C@H](O)[C@@H](n2cc(-c3ccc(Cl)c(F)c3F)nn2)[C@H]1O. The van der Waals surface area contributed by atoms with Crippen molar-refractivity contribution < 1.29 is 46.7 Å². The smallest absolute Gasteiger partial charge is 0.404 e. The molecule has 0 spiro atoms. The van der Waals surface area contributed by atoms with Gasteiger partial charge in [0.1, 0.15) is 42.5 Å². The van der Waals surface area contributed by atoms with E-state index in [2.05, 4.69) is 25.2 Å². The van der Waals surface area contributed by atoms with E-state index in [1.807, 2.05) is 0 Å². The van der Waals surface area contributed by atoms with Crippen molar-refractivity contribution in [1.82, 2.24) is 29.8 Å². The fraction of sp³-hybridized carbons (Fsp3) is 0.304. The molecule has 1 aliphatic heterocycles. The molecule has 5 atom stereocenters. The molecule has 18 heteroatoms. The average Bonchev–Trinajstić information content (AvgIpc) is 3.58. The number of alkyl halides is 3. The molecule has 1 aliphatic rings. The maximum absolute atomic E-state index is 14.5. The van der Waals surface area contributed by atoms with E-state index in [1.165, 1.54) is 0 Å². The number of hydrogen-bond donors (Lipinski definition) is 3. The van der Waals surface area contributed by atoms with E-state index in [4.69, 9.17) is 27.9 Å². The number of hydrogen-bond acceptors (Lipinski definition) is 9. The Kier molecular flexibility index (Phi) is 7.88. The van der Waals surface area contributed by atoms with Crippen LogP contribution in [0, 0.1) is 11.6 Å². The molecule has 11 nitrogen and oxygen atoms in total. The minimum Gasteiger partial charge on any atom is -0.404 e. The van der Waals surface area contributed by atoms with Gasteiger partial charge < -0.3 is 24.8 Å². The zero-order valence-corrected chi connectivity index (χ0v) is 21.6. The van der Waals surface area contributed by atoms with E-state index in [0.29, 0.717) is 0 Å². The first-order valence-electron chi connectivity index (χ1n) is 11.5. The summed E-state index contributed by atoms with van der Waals surface area (Å²) in [5.74, 6) is -3.57. The highest BCUT2D eigenvalue weighted by Gasteiger charge is 2.48. The Balaban J connectivity index is 1.54. The first-order valence-corrected chi connectivity index (χ1v) is 12.3. The molecule has 0 bridgehead atoms. The second kappa shape index (κ2) is 11.1. The highest BCUT2D eigenvalue weighted by atomic mass is 35.5. The number of ether oxygens (including phenoxy) is 2.